The van der Waals surface area contributed by atoms with Crippen molar-refractivity contribution in [2.24, 2.45) is 0 Å². The summed E-state index contributed by atoms with van der Waals surface area (Å²) in [7, 11) is 0. The average molecular weight is 222 g/mol. The van der Waals surface area contributed by atoms with Crippen LogP contribution in [0.25, 0.3) is 0 Å². The van der Waals surface area contributed by atoms with Crippen molar-refractivity contribution in [2.75, 3.05) is 6.61 Å². The standard InChI is InChI=1S/C12H14O4/c1-12(8-5-3-2-4-6-8)11(15)10(14)9(7-13)16-12/h1-6,9-11,13-15H,7H2/t9-,10+,11?,12?/m1/s1. The van der Waals surface area contributed by atoms with Crippen LogP contribution in [0.5, 0.6) is 0 Å². The van der Waals surface area contributed by atoms with Crippen molar-refractivity contribution in [3.8, 4) is 0 Å². The van der Waals surface area contributed by atoms with E-state index in [1.54, 1.807) is 24.3 Å². The van der Waals surface area contributed by atoms with Gasteiger partial charge in [-0.2, -0.15) is 0 Å². The van der Waals surface area contributed by atoms with Gasteiger partial charge >= 0.3 is 0 Å². The van der Waals surface area contributed by atoms with Gasteiger partial charge in [-0.05, 0) is 5.56 Å². The molecule has 0 aliphatic carbocycles. The molecule has 1 aromatic carbocycles. The minimum atomic E-state index is -1.46. The van der Waals surface area contributed by atoms with Crippen LogP contribution in [0.2, 0.25) is 0 Å². The van der Waals surface area contributed by atoms with Crippen LogP contribution in [-0.4, -0.2) is 40.2 Å². The Balaban J connectivity index is 2.33. The lowest BCUT2D eigenvalue weighted by molar-refractivity contribution is -0.0681. The largest absolute Gasteiger partial charge is 0.394 e. The molecule has 2 unspecified atom stereocenters. The summed E-state index contributed by atoms with van der Waals surface area (Å²) >= 11 is 0. The third-order valence-electron chi connectivity index (χ3n) is 2.90. The zero-order valence-electron chi connectivity index (χ0n) is 8.65. The van der Waals surface area contributed by atoms with Gasteiger partial charge < -0.3 is 20.1 Å². The van der Waals surface area contributed by atoms with Crippen LogP contribution in [-0.2, 0) is 10.3 Å². The molecule has 4 nitrogen and oxygen atoms in total. The molecule has 3 N–H and O–H groups in total. The van der Waals surface area contributed by atoms with Crippen LogP contribution in [0.4, 0.5) is 0 Å². The maximum Gasteiger partial charge on any atom is 0.126 e. The van der Waals surface area contributed by atoms with Gasteiger partial charge in [0.25, 0.3) is 0 Å². The maximum atomic E-state index is 9.86. The summed E-state index contributed by atoms with van der Waals surface area (Å²) in [6.07, 6.45) is -3.30. The first-order chi connectivity index (χ1) is 7.59. The molecule has 1 heterocycles. The Bertz CT molecular complexity index is 353. The van der Waals surface area contributed by atoms with Crippen molar-refractivity contribution in [2.45, 2.75) is 23.9 Å². The van der Waals surface area contributed by atoms with E-state index in [0.717, 1.165) is 0 Å². The highest BCUT2D eigenvalue weighted by molar-refractivity contribution is 5.28. The van der Waals surface area contributed by atoms with E-state index in [1.807, 2.05) is 6.07 Å². The molecule has 0 saturated carbocycles. The quantitative estimate of drug-likeness (QED) is 0.643. The van der Waals surface area contributed by atoms with Gasteiger partial charge in [-0.1, -0.05) is 30.3 Å². The molecule has 0 amide bonds. The highest BCUT2D eigenvalue weighted by Gasteiger charge is 2.51. The Hall–Kier alpha value is -0.940. The van der Waals surface area contributed by atoms with E-state index >= 15 is 0 Å². The number of rotatable bonds is 2. The summed E-state index contributed by atoms with van der Waals surface area (Å²) in [6, 6.07) is 8.75. The van der Waals surface area contributed by atoms with E-state index in [1.165, 1.54) is 0 Å². The normalized spacial score (nSPS) is 38.9. The van der Waals surface area contributed by atoms with Gasteiger partial charge in [0.05, 0.1) is 6.61 Å². The van der Waals surface area contributed by atoms with Gasteiger partial charge in [0.1, 0.15) is 23.9 Å². The minimum absolute atomic E-state index is 0.385. The molecule has 0 bridgehead atoms. The summed E-state index contributed by atoms with van der Waals surface area (Å²) < 4.78 is 5.34. The van der Waals surface area contributed by atoms with E-state index in [2.05, 4.69) is 0 Å². The fourth-order valence-corrected chi connectivity index (χ4v) is 1.93. The SMILES string of the molecule is [CH]C1(c2ccccc2)O[C@H](CO)[C@H](O)C1O. The van der Waals surface area contributed by atoms with Gasteiger partial charge in [-0.3, -0.25) is 0 Å². The Morgan fingerprint density at radius 3 is 2.38 bits per heavy atom. The Labute approximate surface area is 94.1 Å². The number of ether oxygens (including phenoxy) is 1. The van der Waals surface area contributed by atoms with Gasteiger partial charge in [-0.15, -0.1) is 0 Å². The predicted molar refractivity (Wildman–Crippen MR) is 56.4 cm³/mol. The lowest BCUT2D eigenvalue weighted by Crippen LogP contribution is -2.38. The first-order valence-electron chi connectivity index (χ1n) is 5.09. The van der Waals surface area contributed by atoms with Gasteiger partial charge in [-0.25, -0.2) is 0 Å². The molecule has 0 aromatic heterocycles. The van der Waals surface area contributed by atoms with Gasteiger partial charge in [0.15, 0.2) is 0 Å². The average Bonchev–Trinajstić information content (AvgIpc) is 2.56. The molecule has 2 radical (unpaired) electrons. The lowest BCUT2D eigenvalue weighted by atomic mass is 9.89. The summed E-state index contributed by atoms with van der Waals surface area (Å²) in [5.74, 6) is 0. The predicted octanol–water partition coefficient (Wildman–Crippen LogP) is -0.294. The molecule has 4 atom stereocenters. The van der Waals surface area contributed by atoms with E-state index in [4.69, 9.17) is 16.8 Å². The second-order valence-electron chi connectivity index (χ2n) is 3.93. The van der Waals surface area contributed by atoms with E-state index < -0.39 is 23.9 Å². The zero-order chi connectivity index (χ0) is 11.8. The van der Waals surface area contributed by atoms with Gasteiger partial charge in [0.2, 0.25) is 0 Å². The Morgan fingerprint density at radius 2 is 1.88 bits per heavy atom. The fourth-order valence-electron chi connectivity index (χ4n) is 1.93. The Kier molecular flexibility index (Phi) is 2.99. The molecule has 16 heavy (non-hydrogen) atoms. The van der Waals surface area contributed by atoms with Crippen molar-refractivity contribution in [3.05, 3.63) is 42.8 Å². The smallest absolute Gasteiger partial charge is 0.126 e. The molecule has 1 aromatic rings. The lowest BCUT2D eigenvalue weighted by Gasteiger charge is -2.27. The number of hydrogen-bond donors (Lipinski definition) is 3. The summed E-state index contributed by atoms with van der Waals surface area (Å²) in [6.45, 7) is 5.55. The van der Waals surface area contributed by atoms with E-state index in [0.29, 0.717) is 5.56 Å². The van der Waals surface area contributed by atoms with E-state index in [-0.39, 0.29) is 6.61 Å². The first kappa shape index (κ1) is 11.5. The summed E-state index contributed by atoms with van der Waals surface area (Å²) in [5.41, 5.74) is -0.897. The van der Waals surface area contributed by atoms with Crippen molar-refractivity contribution < 1.29 is 20.1 Å². The molecule has 4 heteroatoms. The van der Waals surface area contributed by atoms with Crippen LogP contribution in [0, 0.1) is 6.92 Å². The molecule has 1 aliphatic rings. The Morgan fingerprint density at radius 1 is 1.25 bits per heavy atom. The second kappa shape index (κ2) is 4.14. The van der Waals surface area contributed by atoms with Crippen molar-refractivity contribution in [1.82, 2.24) is 0 Å². The molecule has 0 spiro atoms. The highest BCUT2D eigenvalue weighted by atomic mass is 16.6. The third kappa shape index (κ3) is 1.64. The number of aliphatic hydroxyl groups is 3. The molecule has 1 fully saturated rings. The minimum Gasteiger partial charge on any atom is -0.394 e. The third-order valence-corrected chi connectivity index (χ3v) is 2.90. The highest BCUT2D eigenvalue weighted by Crippen LogP contribution is 2.38. The molecule has 86 valence electrons. The second-order valence-corrected chi connectivity index (χ2v) is 3.93. The van der Waals surface area contributed by atoms with Crippen LogP contribution in [0.3, 0.4) is 0 Å². The number of aliphatic hydroxyl groups excluding tert-OH is 3. The topological polar surface area (TPSA) is 69.9 Å². The summed E-state index contributed by atoms with van der Waals surface area (Å²) in [4.78, 5) is 0. The van der Waals surface area contributed by atoms with Crippen LogP contribution in [0.1, 0.15) is 5.56 Å². The van der Waals surface area contributed by atoms with Crippen LogP contribution >= 0.6 is 0 Å². The van der Waals surface area contributed by atoms with Crippen molar-refractivity contribution in [3.63, 3.8) is 0 Å². The van der Waals surface area contributed by atoms with Crippen molar-refractivity contribution >= 4 is 0 Å². The molecule has 1 saturated heterocycles. The van der Waals surface area contributed by atoms with E-state index in [9.17, 15) is 10.2 Å². The molecular formula is C12H14O4. The van der Waals surface area contributed by atoms with Gasteiger partial charge in [0, 0.05) is 6.92 Å². The molecule has 2 rings (SSSR count). The molecule has 1 aliphatic heterocycles. The zero-order valence-corrected chi connectivity index (χ0v) is 8.65. The fraction of sp³-hybridized carbons (Fsp3) is 0.417. The number of hydrogen-bond acceptors (Lipinski definition) is 4. The van der Waals surface area contributed by atoms with Crippen LogP contribution in [0.15, 0.2) is 30.3 Å². The monoisotopic (exact) mass is 222 g/mol. The first-order valence-corrected chi connectivity index (χ1v) is 5.09. The maximum absolute atomic E-state index is 9.86. The molecular weight excluding hydrogens is 208 g/mol. The number of benzene rings is 1. The summed E-state index contributed by atoms with van der Waals surface area (Å²) in [5, 5.41) is 28.5. The van der Waals surface area contributed by atoms with Crippen molar-refractivity contribution in [1.29, 1.82) is 0 Å². The van der Waals surface area contributed by atoms with Crippen LogP contribution < -0.4 is 0 Å².